The van der Waals surface area contributed by atoms with Crippen molar-refractivity contribution < 1.29 is 0 Å². The second-order valence-corrected chi connectivity index (χ2v) is 6.96. The average Bonchev–Trinajstić information content (AvgIpc) is 2.76. The van der Waals surface area contributed by atoms with Gasteiger partial charge in [-0.3, -0.25) is 9.88 Å². The molecule has 0 atom stereocenters. The molecule has 1 fully saturated rings. The van der Waals surface area contributed by atoms with Gasteiger partial charge in [0.1, 0.15) is 5.82 Å². The highest BCUT2D eigenvalue weighted by Crippen LogP contribution is 2.29. The molecule has 5 heteroatoms. The maximum atomic E-state index is 4.51. The Bertz CT molecular complexity index is 597. The minimum absolute atomic E-state index is 0.123. The van der Waals surface area contributed by atoms with Crippen molar-refractivity contribution in [3.63, 3.8) is 0 Å². The summed E-state index contributed by atoms with van der Waals surface area (Å²) in [7, 11) is 0. The minimum Gasteiger partial charge on any atom is -0.342 e. The summed E-state index contributed by atoms with van der Waals surface area (Å²) in [6, 6.07) is 8.27. The van der Waals surface area contributed by atoms with Gasteiger partial charge in [-0.2, -0.15) is 0 Å². The Kier molecular flexibility index (Phi) is 3.95. The number of anilines is 1. The van der Waals surface area contributed by atoms with Crippen LogP contribution in [0.2, 0.25) is 0 Å². The number of nitrogens with zero attached hydrogens (tertiary/aromatic N) is 4. The van der Waals surface area contributed by atoms with Gasteiger partial charge in [0, 0.05) is 41.7 Å². The Morgan fingerprint density at radius 1 is 1.19 bits per heavy atom. The van der Waals surface area contributed by atoms with E-state index in [9.17, 15) is 0 Å². The van der Waals surface area contributed by atoms with Crippen LogP contribution in [0, 0.1) is 0 Å². The molecule has 0 N–H and O–H groups in total. The van der Waals surface area contributed by atoms with E-state index in [-0.39, 0.29) is 5.54 Å². The molecule has 1 aliphatic rings. The summed E-state index contributed by atoms with van der Waals surface area (Å²) < 4.78 is 1.01. The van der Waals surface area contributed by atoms with E-state index < -0.39 is 0 Å². The Hall–Kier alpha value is -1.46. The monoisotopic (exact) mass is 346 g/mol. The zero-order valence-corrected chi connectivity index (χ0v) is 13.9. The number of hydrogen-bond donors (Lipinski definition) is 0. The molecule has 0 saturated carbocycles. The quantitative estimate of drug-likeness (QED) is 0.853. The molecule has 110 valence electrons. The summed E-state index contributed by atoms with van der Waals surface area (Å²) >= 11 is 3.44. The van der Waals surface area contributed by atoms with Crippen LogP contribution in [0.1, 0.15) is 19.4 Å². The summed E-state index contributed by atoms with van der Waals surface area (Å²) in [5.41, 5.74) is 1.42. The van der Waals surface area contributed by atoms with Gasteiger partial charge in [0.05, 0.1) is 6.67 Å². The SMILES string of the molecule is CC1(C)CN(c2ccc(Br)cn2)CN1Cc1ccncc1. The molecule has 1 saturated heterocycles. The molecule has 0 aromatic carbocycles. The lowest BCUT2D eigenvalue weighted by atomic mass is 10.0. The van der Waals surface area contributed by atoms with Crippen LogP contribution in [-0.2, 0) is 6.54 Å². The van der Waals surface area contributed by atoms with Gasteiger partial charge in [0.2, 0.25) is 0 Å². The molecule has 0 aliphatic carbocycles. The molecule has 4 nitrogen and oxygen atoms in total. The third-order valence-corrected chi connectivity index (χ3v) is 4.40. The van der Waals surface area contributed by atoms with Gasteiger partial charge < -0.3 is 4.90 Å². The van der Waals surface area contributed by atoms with Crippen molar-refractivity contribution in [2.75, 3.05) is 18.1 Å². The first-order chi connectivity index (χ1) is 10.0. The fraction of sp³-hybridized carbons (Fsp3) is 0.375. The van der Waals surface area contributed by atoms with E-state index in [4.69, 9.17) is 0 Å². The normalized spacial score (nSPS) is 18.1. The summed E-state index contributed by atoms with van der Waals surface area (Å²) in [5.74, 6) is 1.03. The maximum Gasteiger partial charge on any atom is 0.129 e. The first-order valence-corrected chi connectivity index (χ1v) is 7.84. The number of rotatable bonds is 3. The Morgan fingerprint density at radius 3 is 2.62 bits per heavy atom. The van der Waals surface area contributed by atoms with E-state index in [0.717, 1.165) is 30.0 Å². The minimum atomic E-state index is 0.123. The van der Waals surface area contributed by atoms with Crippen molar-refractivity contribution in [1.29, 1.82) is 0 Å². The van der Waals surface area contributed by atoms with Crippen LogP contribution in [0.4, 0.5) is 5.82 Å². The van der Waals surface area contributed by atoms with Crippen molar-refractivity contribution in [1.82, 2.24) is 14.9 Å². The van der Waals surface area contributed by atoms with Crippen LogP contribution >= 0.6 is 15.9 Å². The standard InChI is InChI=1S/C16H19BrN4/c1-16(2)11-20(15-4-3-14(17)9-19-15)12-21(16)10-13-5-7-18-8-6-13/h3-9H,10-12H2,1-2H3. The Balaban J connectivity index is 1.76. The fourth-order valence-electron chi connectivity index (χ4n) is 2.70. The molecular formula is C16H19BrN4. The fourth-order valence-corrected chi connectivity index (χ4v) is 2.93. The van der Waals surface area contributed by atoms with Gasteiger partial charge in [-0.1, -0.05) is 0 Å². The number of aromatic nitrogens is 2. The highest BCUT2D eigenvalue weighted by molar-refractivity contribution is 9.10. The van der Waals surface area contributed by atoms with E-state index in [0.29, 0.717) is 0 Å². The molecular weight excluding hydrogens is 328 g/mol. The van der Waals surface area contributed by atoms with Crippen molar-refractivity contribution >= 4 is 21.7 Å². The molecule has 0 radical (unpaired) electrons. The highest BCUT2D eigenvalue weighted by Gasteiger charge is 2.37. The first kappa shape index (κ1) is 14.5. The van der Waals surface area contributed by atoms with E-state index in [1.54, 1.807) is 0 Å². The molecule has 0 spiro atoms. The van der Waals surface area contributed by atoms with Gasteiger partial charge >= 0.3 is 0 Å². The Labute approximate surface area is 133 Å². The van der Waals surface area contributed by atoms with E-state index in [2.05, 4.69) is 67.7 Å². The number of hydrogen-bond acceptors (Lipinski definition) is 4. The second-order valence-electron chi connectivity index (χ2n) is 6.04. The first-order valence-electron chi connectivity index (χ1n) is 7.05. The molecule has 0 amide bonds. The third-order valence-electron chi connectivity index (χ3n) is 3.93. The number of pyridine rings is 2. The van der Waals surface area contributed by atoms with Crippen LogP contribution in [0.15, 0.2) is 47.3 Å². The summed E-state index contributed by atoms with van der Waals surface area (Å²) in [6.45, 7) is 7.37. The third kappa shape index (κ3) is 3.24. The summed E-state index contributed by atoms with van der Waals surface area (Å²) in [5, 5.41) is 0. The summed E-state index contributed by atoms with van der Waals surface area (Å²) in [4.78, 5) is 13.4. The van der Waals surface area contributed by atoms with E-state index >= 15 is 0 Å². The van der Waals surface area contributed by atoms with Gasteiger partial charge in [-0.25, -0.2) is 4.98 Å². The van der Waals surface area contributed by atoms with Crippen LogP contribution in [0.3, 0.4) is 0 Å². The van der Waals surface area contributed by atoms with Gasteiger partial charge in [0.15, 0.2) is 0 Å². The highest BCUT2D eigenvalue weighted by atomic mass is 79.9. The lowest BCUT2D eigenvalue weighted by Crippen LogP contribution is -2.39. The predicted molar refractivity (Wildman–Crippen MR) is 88.0 cm³/mol. The van der Waals surface area contributed by atoms with Gasteiger partial charge in [-0.05, 0) is 59.6 Å². The molecule has 0 bridgehead atoms. The topological polar surface area (TPSA) is 32.3 Å². The van der Waals surface area contributed by atoms with Crippen molar-refractivity contribution in [2.45, 2.75) is 25.9 Å². The summed E-state index contributed by atoms with van der Waals surface area (Å²) in [6.07, 6.45) is 5.56. The van der Waals surface area contributed by atoms with Crippen LogP contribution < -0.4 is 4.90 Å². The zero-order chi connectivity index (χ0) is 14.9. The maximum absolute atomic E-state index is 4.51. The second kappa shape index (κ2) is 5.73. The van der Waals surface area contributed by atoms with E-state index in [1.165, 1.54) is 5.56 Å². The molecule has 1 aliphatic heterocycles. The zero-order valence-electron chi connectivity index (χ0n) is 12.3. The largest absolute Gasteiger partial charge is 0.342 e. The smallest absolute Gasteiger partial charge is 0.129 e. The van der Waals surface area contributed by atoms with Crippen molar-refractivity contribution in [3.8, 4) is 0 Å². The molecule has 3 rings (SSSR count). The van der Waals surface area contributed by atoms with Gasteiger partial charge in [-0.15, -0.1) is 0 Å². The average molecular weight is 347 g/mol. The lowest BCUT2D eigenvalue weighted by molar-refractivity contribution is 0.175. The molecule has 21 heavy (non-hydrogen) atoms. The Morgan fingerprint density at radius 2 is 1.95 bits per heavy atom. The van der Waals surface area contributed by atoms with Crippen LogP contribution in [0.5, 0.6) is 0 Å². The molecule has 3 heterocycles. The lowest BCUT2D eigenvalue weighted by Gasteiger charge is -2.29. The van der Waals surface area contributed by atoms with Crippen molar-refractivity contribution in [2.24, 2.45) is 0 Å². The molecule has 2 aromatic rings. The number of halogens is 1. The van der Waals surface area contributed by atoms with E-state index in [1.807, 2.05) is 24.7 Å². The molecule has 2 aromatic heterocycles. The van der Waals surface area contributed by atoms with Crippen LogP contribution in [-0.4, -0.2) is 33.6 Å². The van der Waals surface area contributed by atoms with Gasteiger partial charge in [0.25, 0.3) is 0 Å². The van der Waals surface area contributed by atoms with Crippen LogP contribution in [0.25, 0.3) is 0 Å². The van der Waals surface area contributed by atoms with Crippen molar-refractivity contribution in [3.05, 3.63) is 52.9 Å². The molecule has 0 unspecified atom stereocenters. The predicted octanol–water partition coefficient (Wildman–Crippen LogP) is 3.30.